The van der Waals surface area contributed by atoms with Crippen LogP contribution in [0.15, 0.2) is 345 Å². The van der Waals surface area contributed by atoms with Gasteiger partial charge in [0.1, 0.15) is 55.9 Å². The molecule has 0 fully saturated rings. The highest BCUT2D eigenvalue weighted by Crippen LogP contribution is 2.34. The van der Waals surface area contributed by atoms with Crippen LogP contribution in [0.1, 0.15) is 33.7 Å². The maximum absolute atomic E-state index is 12.6. The fourth-order valence-electron chi connectivity index (χ4n) is 13.2. The van der Waals surface area contributed by atoms with E-state index in [1.54, 1.807) is 23.2 Å². The van der Waals surface area contributed by atoms with Gasteiger partial charge < -0.3 is 60.7 Å². The molecule has 5 aromatic heterocycles. The van der Waals surface area contributed by atoms with Crippen LogP contribution >= 0.6 is 36.7 Å². The molecule has 18 nitrogen and oxygen atoms in total. The molecule has 10 aromatic carbocycles. The first-order chi connectivity index (χ1) is 59.3. The molecule has 0 bridgehead atoms. The average Bonchev–Trinajstić information content (AvgIpc) is 0.781. The highest BCUT2D eigenvalue weighted by molar-refractivity contribution is 7.72. The van der Waals surface area contributed by atoms with Crippen molar-refractivity contribution in [3.05, 3.63) is 370 Å². The third-order valence-electron chi connectivity index (χ3n) is 19.6. The van der Waals surface area contributed by atoms with E-state index in [1.165, 1.54) is 0 Å². The Morgan fingerprint density at radius 3 is 0.821 bits per heavy atom. The summed E-state index contributed by atoms with van der Waals surface area (Å²) >= 11 is 17.0. The average molecular weight is 1690 g/mol. The van der Waals surface area contributed by atoms with Gasteiger partial charge in [0, 0.05) is 96.8 Å². The van der Waals surface area contributed by atoms with Gasteiger partial charge in [0.25, 0.3) is 11.1 Å². The van der Waals surface area contributed by atoms with Gasteiger partial charge in [-0.15, -0.1) is 0 Å². The molecule has 21 heteroatoms. The number of para-hydroxylation sites is 5. The van der Waals surface area contributed by atoms with E-state index >= 15 is 0 Å². The second-order valence-corrected chi connectivity index (χ2v) is 29.9. The monoisotopic (exact) mass is 1690 g/mol. The summed E-state index contributed by atoms with van der Waals surface area (Å²) in [5, 5.41) is 5.50. The number of hydrogen-bond donors (Lipinski definition) is 0. The summed E-state index contributed by atoms with van der Waals surface area (Å²) < 4.78 is 53.7. The van der Waals surface area contributed by atoms with Gasteiger partial charge in [0.15, 0.2) is 0 Å². The minimum absolute atomic E-state index is 0.000644. The van der Waals surface area contributed by atoms with E-state index in [1.807, 2.05) is 255 Å². The first kappa shape index (κ1) is 89.4. The second kappa shape index (κ2) is 42.5. The van der Waals surface area contributed by atoms with Gasteiger partial charge in [-0.05, 0) is 215 Å². The van der Waals surface area contributed by atoms with Crippen LogP contribution in [0.5, 0.6) is 28.7 Å². The molecular formula is C102H93N5O13S3. The van der Waals surface area contributed by atoms with E-state index in [9.17, 15) is 24.0 Å². The summed E-state index contributed by atoms with van der Waals surface area (Å²) in [6.07, 6.45) is 3.29. The van der Waals surface area contributed by atoms with Crippen LogP contribution in [0.2, 0.25) is 0 Å². The van der Waals surface area contributed by atoms with Crippen LogP contribution in [-0.4, -0.2) is 74.3 Å². The van der Waals surface area contributed by atoms with Crippen molar-refractivity contribution in [3.63, 3.8) is 0 Å². The molecule has 0 aliphatic carbocycles. The van der Waals surface area contributed by atoms with Gasteiger partial charge in [0.2, 0.25) is 20.4 Å². The fourth-order valence-corrected chi connectivity index (χ4v) is 14.3. The molecule has 0 atom stereocenters. The number of carbonyl (C=O) groups is 3. The summed E-state index contributed by atoms with van der Waals surface area (Å²) in [4.78, 5) is 58.2. The predicted molar refractivity (Wildman–Crippen MR) is 502 cm³/mol. The van der Waals surface area contributed by atoms with Crippen LogP contribution in [0, 0.1) is 13.9 Å². The largest absolute Gasteiger partial charge is 0.489 e. The highest BCUT2D eigenvalue weighted by Gasteiger charge is 2.16. The molecule has 0 radical (unpaired) electrons. The summed E-state index contributed by atoms with van der Waals surface area (Å²) in [5.41, 5.74) is 16.3. The number of hydrogen-bond acceptors (Lipinski definition) is 16. The van der Waals surface area contributed by atoms with Crippen molar-refractivity contribution in [2.24, 2.45) is 28.2 Å². The van der Waals surface area contributed by atoms with Gasteiger partial charge >= 0.3 is 17.9 Å². The zero-order chi connectivity index (χ0) is 87.8. The second-order valence-electron chi connectivity index (χ2n) is 28.7. The molecule has 15 rings (SSSR count). The molecule has 622 valence electrons. The molecule has 0 N–H and O–H groups in total. The van der Waals surface area contributed by atoms with Gasteiger partial charge in [-0.25, -0.2) is 14.4 Å². The lowest BCUT2D eigenvalue weighted by atomic mass is 10.0. The number of aromatic nitrogens is 5. The first-order valence-electron chi connectivity index (χ1n) is 39.1. The number of nitrogens with zero attached hydrogens (tertiary/aromatic N) is 5. The minimum atomic E-state index is -0.518. The zero-order valence-electron chi connectivity index (χ0n) is 69.6. The smallest absolute Gasteiger partial charge is 0.333 e. The summed E-state index contributed by atoms with van der Waals surface area (Å²) in [6.45, 7) is 26.3. The van der Waals surface area contributed by atoms with Crippen molar-refractivity contribution in [3.8, 4) is 84.4 Å². The van der Waals surface area contributed by atoms with E-state index in [4.69, 9.17) is 74.5 Å². The van der Waals surface area contributed by atoms with Crippen molar-refractivity contribution >= 4 is 109 Å². The Morgan fingerprint density at radius 2 is 0.553 bits per heavy atom. The Morgan fingerprint density at radius 1 is 0.325 bits per heavy atom. The third-order valence-corrected chi connectivity index (χ3v) is 21.0. The molecule has 0 aliphatic heterocycles. The van der Waals surface area contributed by atoms with E-state index in [2.05, 4.69) is 106 Å². The summed E-state index contributed by atoms with van der Waals surface area (Å²) in [7, 11) is 7.55. The molecule has 0 saturated heterocycles. The Balaban J connectivity index is 0.000000150. The first-order valence-corrected chi connectivity index (χ1v) is 40.4. The van der Waals surface area contributed by atoms with Crippen molar-refractivity contribution < 1.29 is 52.3 Å². The van der Waals surface area contributed by atoms with Gasteiger partial charge in [-0.3, -0.25) is 9.59 Å². The SMILES string of the molecule is C=C(C)COc1ccc(-c2cc3ccccc3n(C)c2=O)cc1.C=C(C)COc1ccc(-c2cc3ccccc3n(C)c2=O)cc1.C=CC(=O)OCOc1ccc(-c2cc3ccccc3n(C(C)C)c2=S)cc1.C=CC(=O)OCOc1ccc(-c2cc3ccccc3n(C)c2=S)cc1.C=CC(=O)OCOc1ccc(-c2cc3ccccc3n(C)c2=S)cc1. The topological polar surface area (TPSA) is 184 Å². The quantitative estimate of drug-likeness (QED) is 0.0139. The van der Waals surface area contributed by atoms with E-state index < -0.39 is 17.9 Å². The van der Waals surface area contributed by atoms with Crippen LogP contribution in [0.25, 0.3) is 110 Å². The summed E-state index contributed by atoms with van der Waals surface area (Å²) in [5.74, 6) is 1.82. The Labute approximate surface area is 729 Å². The minimum Gasteiger partial charge on any atom is -0.489 e. The van der Waals surface area contributed by atoms with Gasteiger partial charge in [0.05, 0.1) is 11.0 Å². The number of pyridine rings is 5. The zero-order valence-corrected chi connectivity index (χ0v) is 72.1. The fraction of sp³-hybridized carbons (Fsp3) is 0.137. The Kier molecular flexibility index (Phi) is 30.9. The van der Waals surface area contributed by atoms with Crippen LogP contribution in [-0.2, 0) is 56.8 Å². The van der Waals surface area contributed by atoms with E-state index in [0.717, 1.165) is 154 Å². The number of benzene rings is 10. The Hall–Kier alpha value is -14.4. The number of rotatable bonds is 24. The van der Waals surface area contributed by atoms with Crippen molar-refractivity contribution in [1.29, 1.82) is 0 Å². The lowest BCUT2D eigenvalue weighted by Gasteiger charge is -2.18. The predicted octanol–water partition coefficient (Wildman–Crippen LogP) is 23.3. The molecular weight excluding hydrogens is 1600 g/mol. The van der Waals surface area contributed by atoms with Crippen LogP contribution < -0.4 is 34.8 Å². The summed E-state index contributed by atoms with van der Waals surface area (Å²) in [6, 6.07) is 88.5. The third kappa shape index (κ3) is 23.0. The molecule has 0 unspecified atom stereocenters. The molecule has 0 amide bonds. The maximum Gasteiger partial charge on any atom is 0.333 e. The maximum atomic E-state index is 12.6. The lowest BCUT2D eigenvalue weighted by Crippen LogP contribution is -2.18. The lowest BCUT2D eigenvalue weighted by molar-refractivity contribution is -0.145. The van der Waals surface area contributed by atoms with Crippen LogP contribution in [0.3, 0.4) is 0 Å². The van der Waals surface area contributed by atoms with E-state index in [0.29, 0.717) is 41.6 Å². The number of fused-ring (bicyclic) bond motifs is 5. The molecule has 123 heavy (non-hydrogen) atoms. The molecule has 15 aromatic rings. The number of carbonyl (C=O) groups excluding carboxylic acids is 3. The Bertz CT molecular complexity index is 6430. The standard InChI is InChI=1S/C22H21NO3S.2C20H17NO3S.2C20H19NO2/c1-4-21(24)26-14-25-18-11-9-16(10-12-18)19-13-17-7-5-6-8-20(17)23(15(2)3)22(19)27;2*1-3-19(22)24-13-23-16-10-8-14(9-11-16)17-12-15-6-4-5-7-18(15)21(2)20(17)25;2*1-14(2)13-23-17-10-8-15(9-11-17)18-12-16-6-4-5-7-19(16)21(3)20(18)22/h4-13,15H,1,14H2,2-3H3;2*3-12H,1,13H2,2H3;2*4-12H,1,13H2,2-3H3. The van der Waals surface area contributed by atoms with Crippen molar-refractivity contribution in [2.45, 2.75) is 33.7 Å². The number of ether oxygens (including phenoxy) is 8. The molecule has 0 spiro atoms. The normalized spacial score (nSPS) is 10.6. The highest BCUT2D eigenvalue weighted by atomic mass is 32.1. The molecule has 5 heterocycles. The van der Waals surface area contributed by atoms with Gasteiger partial charge in [-0.1, -0.05) is 221 Å². The number of aryl methyl sites for hydroxylation is 4. The van der Waals surface area contributed by atoms with Crippen molar-refractivity contribution in [1.82, 2.24) is 22.8 Å². The molecule has 0 aliphatic rings. The molecule has 0 saturated carbocycles. The van der Waals surface area contributed by atoms with Gasteiger partial charge in [-0.2, -0.15) is 0 Å². The number of esters is 3. The van der Waals surface area contributed by atoms with E-state index in [-0.39, 0.29) is 37.5 Å². The van der Waals surface area contributed by atoms with Crippen molar-refractivity contribution in [2.75, 3.05) is 33.6 Å². The van der Waals surface area contributed by atoms with Crippen LogP contribution in [0.4, 0.5) is 0 Å².